The second-order valence-electron chi connectivity index (χ2n) is 21.0. The second-order valence-corrected chi connectivity index (χ2v) is 21.0. The lowest BCUT2D eigenvalue weighted by atomic mass is 9.52. The first kappa shape index (κ1) is 50.5. The number of methoxy groups -OCH3 is 1. The van der Waals surface area contributed by atoms with Crippen LogP contribution in [0, 0.1) is 48.3 Å². The van der Waals surface area contributed by atoms with E-state index in [2.05, 4.69) is 10.3 Å². The molecule has 6 N–H and O–H groups in total. The fourth-order valence-corrected chi connectivity index (χ4v) is 12.5. The van der Waals surface area contributed by atoms with Gasteiger partial charge in [0.25, 0.3) is 11.7 Å². The highest BCUT2D eigenvalue weighted by Crippen LogP contribution is 2.59. The number of amides is 1. The maximum Gasteiger partial charge on any atom is 0.312 e. The number of hydrogen-bond acceptors (Lipinski definition) is 14. The Kier molecular flexibility index (Phi) is 14.2. The third-order valence-electron chi connectivity index (χ3n) is 16.1. The van der Waals surface area contributed by atoms with Gasteiger partial charge in [0.15, 0.2) is 5.75 Å². The predicted octanol–water partition coefficient (Wildman–Crippen LogP) is 8.56. The zero-order valence-electron chi connectivity index (χ0n) is 41.6. The number of carbonyl (C=O) groups excluding carboxylic acids is 3. The van der Waals surface area contributed by atoms with Gasteiger partial charge in [-0.3, -0.25) is 19.4 Å². The number of anilines is 1. The fourth-order valence-electron chi connectivity index (χ4n) is 12.5. The first-order valence-corrected chi connectivity index (χ1v) is 24.6. The minimum Gasteiger partial charge on any atom is -0.507 e. The molecule has 15 heteroatoms. The van der Waals surface area contributed by atoms with Crippen LogP contribution in [0.4, 0.5) is 5.69 Å². The summed E-state index contributed by atoms with van der Waals surface area (Å²) in [6.45, 7) is 13.1. The van der Waals surface area contributed by atoms with Crippen LogP contribution in [0.5, 0.6) is 23.0 Å². The number of benzene rings is 3. The normalized spacial score (nSPS) is 33.4. The van der Waals surface area contributed by atoms with Crippen molar-refractivity contribution in [1.29, 1.82) is 0 Å². The summed E-state index contributed by atoms with van der Waals surface area (Å²) >= 11 is 0. The van der Waals surface area contributed by atoms with Crippen LogP contribution >= 0.6 is 0 Å². The van der Waals surface area contributed by atoms with Gasteiger partial charge in [0.1, 0.15) is 23.4 Å². The van der Waals surface area contributed by atoms with Gasteiger partial charge in [-0.05, 0) is 81.8 Å². The number of rotatable bonds is 7. The van der Waals surface area contributed by atoms with Crippen molar-refractivity contribution < 1.29 is 58.9 Å². The monoisotopic (exact) mass is 963 g/mol. The van der Waals surface area contributed by atoms with Crippen molar-refractivity contribution in [3.8, 4) is 23.0 Å². The van der Waals surface area contributed by atoms with E-state index in [1.165, 1.54) is 71.8 Å². The van der Waals surface area contributed by atoms with Crippen molar-refractivity contribution in [3.63, 3.8) is 0 Å². The molecule has 0 spiro atoms. The molecule has 9 atom stereocenters. The van der Waals surface area contributed by atoms with E-state index in [1.807, 2.05) is 30.3 Å². The Bertz CT molecular complexity index is 2610. The van der Waals surface area contributed by atoms with Crippen molar-refractivity contribution in [2.45, 2.75) is 136 Å². The molecular formula is C55H69N3O12. The molecule has 10 rings (SSSR count). The number of hydrogen-bond donors (Lipinski definition) is 6. The third kappa shape index (κ3) is 9.27. The fraction of sp³-hybridized carbons (Fsp3) is 0.527. The van der Waals surface area contributed by atoms with Gasteiger partial charge in [-0.2, -0.15) is 5.10 Å². The van der Waals surface area contributed by atoms with Crippen LogP contribution in [0.1, 0.15) is 114 Å². The lowest BCUT2D eigenvalue weighted by molar-refractivity contribution is -0.160. The van der Waals surface area contributed by atoms with Gasteiger partial charge in [-0.25, -0.2) is 0 Å². The Labute approximate surface area is 409 Å². The van der Waals surface area contributed by atoms with Crippen LogP contribution in [0.15, 0.2) is 71.6 Å². The number of aliphatic hydroxyl groups is 2. The topological polar surface area (TPSA) is 217 Å². The molecule has 7 aliphatic rings. The summed E-state index contributed by atoms with van der Waals surface area (Å²) in [6.07, 6.45) is 11.6. The molecule has 0 radical (unpaired) electrons. The standard InChI is InChI=1S/C55H69N3O12/c1-28-14-13-15-29(2)53(66)57-44-39(26-56-58(27-35-16-11-10-12-17-35)55-23-36-20-37(24-55)22-38(21-36)25-55)48(63)41-42(49(44)64)47(62)33(6)51-43(41)52(65)54(8,70-51)68-19-18-40(67-9)30(3)50(69-34(7)59)32(5)46(61)31(4)45(28)60/h10-19,26,28,30-32,36-38,40,45-46,50,60-64H,20-25,27H2,1-9H3,(H,57,66)/b14-13?,19-18?,29-15?,56-26+. The molecule has 15 nitrogen and oxygen atoms in total. The Morgan fingerprint density at radius 2 is 1.53 bits per heavy atom. The molecule has 4 saturated carbocycles. The van der Waals surface area contributed by atoms with Crippen LogP contribution in [0.2, 0.25) is 0 Å². The number of nitrogens with zero attached hydrogens (tertiary/aromatic N) is 2. The average Bonchev–Trinajstić information content (AvgIpc) is 3.58. The van der Waals surface area contributed by atoms with Gasteiger partial charge in [-0.1, -0.05) is 76.3 Å². The minimum absolute atomic E-state index is 0.0637. The number of esters is 1. The highest BCUT2D eigenvalue weighted by molar-refractivity contribution is 6.23. The molecule has 9 bridgehead atoms. The number of ketones is 1. The number of Topliss-reactive ketones (excluding diaryl/α,β-unsaturated/α-hetero) is 1. The molecule has 0 aromatic heterocycles. The highest BCUT2D eigenvalue weighted by atomic mass is 16.7. The van der Waals surface area contributed by atoms with Crippen LogP contribution < -0.4 is 10.1 Å². The second kappa shape index (κ2) is 19.7. The summed E-state index contributed by atoms with van der Waals surface area (Å²) in [6, 6.07) is 10.0. The molecule has 70 heavy (non-hydrogen) atoms. The average molecular weight is 964 g/mol. The number of aliphatic hydroxyl groups excluding tert-OH is 2. The maximum atomic E-state index is 14.8. The number of hydrazone groups is 1. The molecule has 3 aliphatic heterocycles. The molecule has 376 valence electrons. The van der Waals surface area contributed by atoms with Crippen molar-refractivity contribution in [1.82, 2.24) is 5.01 Å². The first-order chi connectivity index (χ1) is 33.2. The summed E-state index contributed by atoms with van der Waals surface area (Å²) < 4.78 is 24.0. The van der Waals surface area contributed by atoms with Gasteiger partial charge in [0, 0.05) is 61.2 Å². The summed E-state index contributed by atoms with van der Waals surface area (Å²) in [5.74, 6) is -6.60. The smallest absolute Gasteiger partial charge is 0.312 e. The number of ether oxygens (including phenoxy) is 4. The van der Waals surface area contributed by atoms with Crippen molar-refractivity contribution in [2.24, 2.45) is 46.5 Å². The molecular weight excluding hydrogens is 895 g/mol. The Hall–Kier alpha value is -5.90. The van der Waals surface area contributed by atoms with Crippen LogP contribution in [-0.4, -0.2) is 97.3 Å². The summed E-state index contributed by atoms with van der Waals surface area (Å²) in [4.78, 5) is 41.5. The maximum absolute atomic E-state index is 14.8. The van der Waals surface area contributed by atoms with E-state index in [1.54, 1.807) is 46.8 Å². The molecule has 3 heterocycles. The van der Waals surface area contributed by atoms with Crippen molar-refractivity contribution >= 4 is 40.3 Å². The van der Waals surface area contributed by atoms with E-state index < -0.39 is 88.8 Å². The number of nitrogens with one attached hydrogen (secondary N) is 1. The zero-order chi connectivity index (χ0) is 50.6. The van der Waals surface area contributed by atoms with Gasteiger partial charge in [-0.15, -0.1) is 0 Å². The lowest BCUT2D eigenvalue weighted by Gasteiger charge is -2.59. The first-order valence-electron chi connectivity index (χ1n) is 24.6. The number of aromatic hydroxyl groups is 3. The van der Waals surface area contributed by atoms with E-state index in [0.717, 1.165) is 24.8 Å². The van der Waals surface area contributed by atoms with Crippen molar-refractivity contribution in [2.75, 3.05) is 12.4 Å². The summed E-state index contributed by atoms with van der Waals surface area (Å²) in [7, 11) is 1.45. The van der Waals surface area contributed by atoms with Crippen LogP contribution in [0.25, 0.3) is 10.8 Å². The number of phenolic OH excluding ortho intramolecular Hbond substituents is 3. The Balaban J connectivity index is 1.29. The lowest BCUT2D eigenvalue weighted by Crippen LogP contribution is -2.58. The molecule has 1 amide bonds. The van der Waals surface area contributed by atoms with E-state index in [4.69, 9.17) is 24.0 Å². The molecule has 3 aromatic rings. The molecule has 3 aromatic carbocycles. The Morgan fingerprint density at radius 1 is 0.886 bits per heavy atom. The number of phenols is 3. The summed E-state index contributed by atoms with van der Waals surface area (Å²) in [5.41, 5.74) is 0.492. The summed E-state index contributed by atoms with van der Waals surface area (Å²) in [5, 5.41) is 69.6. The van der Waals surface area contributed by atoms with E-state index in [-0.39, 0.29) is 50.0 Å². The largest absolute Gasteiger partial charge is 0.507 e. The minimum atomic E-state index is -2.07. The molecule has 4 fully saturated rings. The third-order valence-corrected chi connectivity index (χ3v) is 16.1. The molecule has 0 saturated heterocycles. The van der Waals surface area contributed by atoms with Gasteiger partial charge in [0.05, 0.1) is 65.1 Å². The highest BCUT2D eigenvalue weighted by Gasteiger charge is 2.54. The Morgan fingerprint density at radius 3 is 2.14 bits per heavy atom. The quantitative estimate of drug-likeness (QED) is 0.0431. The molecule has 4 aliphatic carbocycles. The van der Waals surface area contributed by atoms with E-state index >= 15 is 0 Å². The zero-order valence-corrected chi connectivity index (χ0v) is 41.6. The van der Waals surface area contributed by atoms with Crippen molar-refractivity contribution in [3.05, 3.63) is 88.7 Å². The van der Waals surface area contributed by atoms with Gasteiger partial charge in [0.2, 0.25) is 0 Å². The number of carbonyl (C=O) groups is 3. The molecule has 9 unspecified atom stereocenters. The van der Waals surface area contributed by atoms with Gasteiger partial charge < -0.3 is 49.8 Å². The number of allylic oxidation sites excluding steroid dienone is 2. The van der Waals surface area contributed by atoms with E-state index in [0.29, 0.717) is 24.3 Å². The predicted molar refractivity (Wildman–Crippen MR) is 264 cm³/mol. The van der Waals surface area contributed by atoms with E-state index in [9.17, 15) is 39.9 Å². The SMILES string of the molecule is COC1C=COC2(C)Oc3c(C)c(O)c4c(O)c(c(/C=N/N(Cc5ccccc5)C56CC7CC(CC(C7)C5)C6)c(O)c4c3C2=O)NC(=O)C(C)=CC=CC(C)C(O)C(C)C(O)C(C)C(OC(C)=O)C1C. The van der Waals surface area contributed by atoms with Gasteiger partial charge >= 0.3 is 11.8 Å². The number of fused-ring (bicyclic) bond motifs is 14. The van der Waals surface area contributed by atoms with Crippen LogP contribution in [0.3, 0.4) is 0 Å². The van der Waals surface area contributed by atoms with Crippen LogP contribution in [-0.2, 0) is 30.3 Å².